The molecule has 110 valence electrons. The summed E-state index contributed by atoms with van der Waals surface area (Å²) in [4.78, 5) is 1.58. The summed E-state index contributed by atoms with van der Waals surface area (Å²) >= 11 is 0. The van der Waals surface area contributed by atoms with Gasteiger partial charge in [-0.2, -0.15) is 22.9 Å². The topological polar surface area (TPSA) is 90.3 Å². The van der Waals surface area contributed by atoms with Crippen LogP contribution in [-0.2, 0) is 6.18 Å². The van der Waals surface area contributed by atoms with Gasteiger partial charge < -0.3 is 10.0 Å². The molecule has 1 saturated heterocycles. The van der Waals surface area contributed by atoms with Crippen molar-refractivity contribution >= 4 is 11.5 Å². The smallest absolute Gasteiger partial charge is 0.385 e. The fraction of sp³-hybridized carbons (Fsp3) is 0.455. The van der Waals surface area contributed by atoms with Crippen LogP contribution in [0.1, 0.15) is 12.2 Å². The van der Waals surface area contributed by atoms with Gasteiger partial charge in [-0.05, 0) is 12.1 Å². The summed E-state index contributed by atoms with van der Waals surface area (Å²) in [6.45, 7) is 0.283. The average molecular weight is 298 g/mol. The zero-order chi connectivity index (χ0) is 15.3. The maximum atomic E-state index is 12.8. The molecular weight excluding hydrogens is 289 g/mol. The third-order valence-corrected chi connectivity index (χ3v) is 3.20. The van der Waals surface area contributed by atoms with Crippen LogP contribution >= 0.6 is 0 Å². The van der Waals surface area contributed by atoms with Crippen LogP contribution < -0.4 is 4.90 Å². The van der Waals surface area contributed by atoms with E-state index in [9.17, 15) is 18.3 Å². The lowest BCUT2D eigenvalue weighted by molar-refractivity contribution is -0.146. The second kappa shape index (κ2) is 4.29. The molecule has 2 aromatic rings. The van der Waals surface area contributed by atoms with E-state index in [1.807, 2.05) is 6.07 Å². The van der Waals surface area contributed by atoms with Crippen LogP contribution in [0.2, 0.25) is 0 Å². The molecule has 10 heteroatoms. The van der Waals surface area contributed by atoms with Crippen molar-refractivity contribution in [3.63, 3.8) is 0 Å². The summed E-state index contributed by atoms with van der Waals surface area (Å²) in [7, 11) is 0. The van der Waals surface area contributed by atoms with Crippen molar-refractivity contribution in [3.05, 3.63) is 18.0 Å². The summed E-state index contributed by atoms with van der Waals surface area (Å²) in [6, 6.07) is 4.73. The molecule has 0 aliphatic carbocycles. The number of hydrogen-bond donors (Lipinski definition) is 1. The Morgan fingerprint density at radius 2 is 2.05 bits per heavy atom. The third-order valence-electron chi connectivity index (χ3n) is 3.20. The number of alkyl halides is 3. The fourth-order valence-corrected chi connectivity index (χ4v) is 2.21. The van der Waals surface area contributed by atoms with E-state index < -0.39 is 17.6 Å². The van der Waals surface area contributed by atoms with Crippen LogP contribution in [0, 0.1) is 11.3 Å². The van der Waals surface area contributed by atoms with Crippen LogP contribution in [0.3, 0.4) is 0 Å². The lowest BCUT2D eigenvalue weighted by atomic mass is 9.91. The molecule has 2 aromatic heterocycles. The number of aromatic nitrogens is 4. The van der Waals surface area contributed by atoms with Gasteiger partial charge in [0.1, 0.15) is 11.4 Å². The number of aliphatic hydroxyl groups is 1. The Labute approximate surface area is 116 Å². The largest absolute Gasteiger partial charge is 0.453 e. The quantitative estimate of drug-likeness (QED) is 0.873. The van der Waals surface area contributed by atoms with Gasteiger partial charge in [0, 0.05) is 0 Å². The molecule has 21 heavy (non-hydrogen) atoms. The number of nitrogens with zero attached hydrogens (tertiary/aromatic N) is 6. The number of rotatable bonds is 2. The standard InChI is InChI=1S/C11H9F3N6O/c12-11(13,14)9-17-16-7-1-2-8(18-20(7)9)19-5-10(21,6-19)3-4-15/h1-2,21H,3,5-6H2. The van der Waals surface area contributed by atoms with E-state index in [2.05, 4.69) is 15.3 Å². The molecule has 0 aromatic carbocycles. The monoisotopic (exact) mass is 298 g/mol. The van der Waals surface area contributed by atoms with E-state index in [1.165, 1.54) is 12.1 Å². The second-order valence-corrected chi connectivity index (χ2v) is 4.90. The van der Waals surface area contributed by atoms with Crippen molar-refractivity contribution in [1.29, 1.82) is 5.26 Å². The minimum absolute atomic E-state index is 0.0149. The SMILES string of the molecule is N#CCC1(O)CN(c2ccc3nnc(C(F)(F)F)n3n2)C1. The third kappa shape index (κ3) is 2.25. The molecule has 0 amide bonds. The molecule has 3 heterocycles. The first-order valence-corrected chi connectivity index (χ1v) is 5.96. The molecule has 1 aliphatic heterocycles. The lowest BCUT2D eigenvalue weighted by Gasteiger charge is -2.45. The van der Waals surface area contributed by atoms with Crippen molar-refractivity contribution in [2.45, 2.75) is 18.2 Å². The molecule has 0 spiro atoms. The highest BCUT2D eigenvalue weighted by Crippen LogP contribution is 2.30. The minimum Gasteiger partial charge on any atom is -0.385 e. The van der Waals surface area contributed by atoms with Gasteiger partial charge in [0.05, 0.1) is 25.6 Å². The van der Waals surface area contributed by atoms with E-state index in [4.69, 9.17) is 5.26 Å². The van der Waals surface area contributed by atoms with Crippen LogP contribution in [0.5, 0.6) is 0 Å². The molecular formula is C11H9F3N6O. The molecule has 0 unspecified atom stereocenters. The van der Waals surface area contributed by atoms with E-state index in [0.717, 1.165) is 0 Å². The Bertz CT molecular complexity index is 728. The average Bonchev–Trinajstić information content (AvgIpc) is 2.78. The van der Waals surface area contributed by atoms with Gasteiger partial charge >= 0.3 is 6.18 Å². The van der Waals surface area contributed by atoms with E-state index in [1.54, 1.807) is 4.90 Å². The molecule has 0 bridgehead atoms. The normalized spacial score (nSPS) is 17.6. The predicted molar refractivity (Wildman–Crippen MR) is 63.2 cm³/mol. The Morgan fingerprint density at radius 3 is 2.67 bits per heavy atom. The fourth-order valence-electron chi connectivity index (χ4n) is 2.21. The highest BCUT2D eigenvalue weighted by molar-refractivity contribution is 5.49. The van der Waals surface area contributed by atoms with Crippen LogP contribution in [0.15, 0.2) is 12.1 Å². The zero-order valence-electron chi connectivity index (χ0n) is 10.5. The summed E-state index contributed by atoms with van der Waals surface area (Å²) in [5, 5.41) is 28.8. The number of fused-ring (bicyclic) bond motifs is 1. The molecule has 1 fully saturated rings. The van der Waals surface area contributed by atoms with Gasteiger partial charge in [0.25, 0.3) is 5.82 Å². The van der Waals surface area contributed by atoms with Gasteiger partial charge in [0.2, 0.25) is 0 Å². The first kappa shape index (κ1) is 13.6. The van der Waals surface area contributed by atoms with Gasteiger partial charge in [-0.1, -0.05) is 0 Å². The Balaban J connectivity index is 1.91. The van der Waals surface area contributed by atoms with Crippen molar-refractivity contribution in [2.24, 2.45) is 0 Å². The van der Waals surface area contributed by atoms with Crippen LogP contribution in [-0.4, -0.2) is 43.6 Å². The predicted octanol–water partition coefficient (Wildman–Crippen LogP) is 0.608. The first-order valence-electron chi connectivity index (χ1n) is 5.96. The summed E-state index contributed by atoms with van der Waals surface area (Å²) in [6.07, 6.45) is -4.69. The molecule has 0 atom stereocenters. The van der Waals surface area contributed by atoms with Gasteiger partial charge in [-0.25, -0.2) is 0 Å². The van der Waals surface area contributed by atoms with Crippen molar-refractivity contribution in [3.8, 4) is 6.07 Å². The highest BCUT2D eigenvalue weighted by Gasteiger charge is 2.42. The summed E-state index contributed by atoms with van der Waals surface area (Å²) < 4.78 is 38.9. The number of halogens is 3. The number of nitriles is 1. The second-order valence-electron chi connectivity index (χ2n) is 4.90. The van der Waals surface area contributed by atoms with Crippen molar-refractivity contribution < 1.29 is 18.3 Å². The molecule has 7 nitrogen and oxygen atoms in total. The van der Waals surface area contributed by atoms with Crippen molar-refractivity contribution in [2.75, 3.05) is 18.0 Å². The summed E-state index contributed by atoms with van der Waals surface area (Å²) in [5.41, 5.74) is -1.15. The van der Waals surface area contributed by atoms with Gasteiger partial charge in [-0.3, -0.25) is 0 Å². The Hall–Kier alpha value is -2.41. The molecule has 0 radical (unpaired) electrons. The lowest BCUT2D eigenvalue weighted by Crippen LogP contribution is -2.62. The van der Waals surface area contributed by atoms with E-state index >= 15 is 0 Å². The van der Waals surface area contributed by atoms with E-state index in [-0.39, 0.29) is 31.0 Å². The summed E-state index contributed by atoms with van der Waals surface area (Å²) in [5.74, 6) is -0.942. The number of β-amino-alcohol motifs (C(OH)–C–C–N with tert-alkyl or cyclic N) is 1. The highest BCUT2D eigenvalue weighted by atomic mass is 19.4. The minimum atomic E-state index is -4.65. The van der Waals surface area contributed by atoms with Gasteiger partial charge in [0.15, 0.2) is 5.65 Å². The van der Waals surface area contributed by atoms with Crippen LogP contribution in [0.4, 0.5) is 19.0 Å². The number of hydrogen-bond acceptors (Lipinski definition) is 6. The van der Waals surface area contributed by atoms with Crippen LogP contribution in [0.25, 0.3) is 5.65 Å². The molecule has 0 saturated carbocycles. The molecule has 1 aliphatic rings. The molecule has 1 N–H and O–H groups in total. The number of anilines is 1. The maximum Gasteiger partial charge on any atom is 0.453 e. The zero-order valence-corrected chi connectivity index (χ0v) is 10.5. The first-order chi connectivity index (χ1) is 9.82. The maximum absolute atomic E-state index is 12.8. The van der Waals surface area contributed by atoms with Crippen molar-refractivity contribution in [1.82, 2.24) is 19.8 Å². The Kier molecular flexibility index (Phi) is 2.77. The van der Waals surface area contributed by atoms with Gasteiger partial charge in [-0.15, -0.1) is 15.3 Å². The Morgan fingerprint density at radius 1 is 1.33 bits per heavy atom. The van der Waals surface area contributed by atoms with E-state index in [0.29, 0.717) is 4.52 Å². The molecule has 3 rings (SSSR count).